The molecular formula is C15H20N2OS. The van der Waals surface area contributed by atoms with E-state index in [0.717, 1.165) is 43.4 Å². The Kier molecular flexibility index (Phi) is 6.01. The first-order valence-corrected chi connectivity index (χ1v) is 7.56. The van der Waals surface area contributed by atoms with Gasteiger partial charge in [-0.2, -0.15) is 0 Å². The number of aromatic nitrogens is 1. The molecule has 0 saturated heterocycles. The van der Waals surface area contributed by atoms with E-state index < -0.39 is 0 Å². The third-order valence-electron chi connectivity index (χ3n) is 2.74. The minimum Gasteiger partial charge on any atom is -0.382 e. The molecule has 0 unspecified atom stereocenters. The van der Waals surface area contributed by atoms with E-state index in [9.17, 15) is 0 Å². The van der Waals surface area contributed by atoms with Gasteiger partial charge in [0.1, 0.15) is 5.01 Å². The minimum atomic E-state index is 0.799. The Labute approximate surface area is 118 Å². The van der Waals surface area contributed by atoms with E-state index in [1.165, 1.54) is 5.56 Å². The maximum atomic E-state index is 5.29. The van der Waals surface area contributed by atoms with Crippen LogP contribution in [0.2, 0.25) is 0 Å². The van der Waals surface area contributed by atoms with E-state index in [-0.39, 0.29) is 0 Å². The topological polar surface area (TPSA) is 34.1 Å². The molecule has 2 aromatic rings. The highest BCUT2D eigenvalue weighted by atomic mass is 32.1. The predicted molar refractivity (Wildman–Crippen MR) is 80.4 cm³/mol. The first-order valence-electron chi connectivity index (χ1n) is 6.68. The van der Waals surface area contributed by atoms with E-state index in [4.69, 9.17) is 4.74 Å². The minimum absolute atomic E-state index is 0.799. The molecule has 102 valence electrons. The SMILES string of the molecule is CCOCCCNCc1nc(-c2ccccc2)cs1. The fourth-order valence-electron chi connectivity index (χ4n) is 1.77. The molecule has 2 rings (SSSR count). The van der Waals surface area contributed by atoms with Gasteiger partial charge in [0.05, 0.1) is 5.69 Å². The molecule has 1 aromatic heterocycles. The number of hydrogen-bond donors (Lipinski definition) is 1. The van der Waals surface area contributed by atoms with Crippen LogP contribution in [0.3, 0.4) is 0 Å². The van der Waals surface area contributed by atoms with Crippen molar-refractivity contribution < 1.29 is 4.74 Å². The van der Waals surface area contributed by atoms with Gasteiger partial charge in [-0.1, -0.05) is 30.3 Å². The quantitative estimate of drug-likeness (QED) is 0.751. The molecule has 0 atom stereocenters. The van der Waals surface area contributed by atoms with Gasteiger partial charge in [0.2, 0.25) is 0 Å². The highest BCUT2D eigenvalue weighted by molar-refractivity contribution is 7.09. The zero-order valence-electron chi connectivity index (χ0n) is 11.3. The lowest BCUT2D eigenvalue weighted by Gasteiger charge is -2.02. The Morgan fingerprint density at radius 2 is 2.11 bits per heavy atom. The largest absolute Gasteiger partial charge is 0.382 e. The third-order valence-corrected chi connectivity index (χ3v) is 3.59. The molecule has 0 aliphatic carbocycles. The van der Waals surface area contributed by atoms with E-state index in [1.807, 2.05) is 25.1 Å². The average Bonchev–Trinajstić information content (AvgIpc) is 2.92. The second-order valence-electron chi connectivity index (χ2n) is 4.22. The van der Waals surface area contributed by atoms with Crippen LogP contribution in [0.25, 0.3) is 11.3 Å². The van der Waals surface area contributed by atoms with E-state index in [2.05, 4.69) is 27.8 Å². The number of hydrogen-bond acceptors (Lipinski definition) is 4. The molecule has 0 spiro atoms. The van der Waals surface area contributed by atoms with Gasteiger partial charge in [-0.15, -0.1) is 11.3 Å². The zero-order valence-corrected chi connectivity index (χ0v) is 12.1. The second kappa shape index (κ2) is 8.04. The Hall–Kier alpha value is -1.23. The summed E-state index contributed by atoms with van der Waals surface area (Å²) < 4.78 is 5.29. The molecule has 1 aromatic carbocycles. The number of nitrogens with one attached hydrogen (secondary N) is 1. The molecule has 0 saturated carbocycles. The highest BCUT2D eigenvalue weighted by Crippen LogP contribution is 2.21. The van der Waals surface area contributed by atoms with Gasteiger partial charge in [0, 0.05) is 30.7 Å². The lowest BCUT2D eigenvalue weighted by Crippen LogP contribution is -2.16. The number of benzene rings is 1. The molecule has 0 aliphatic heterocycles. The third kappa shape index (κ3) is 4.74. The summed E-state index contributed by atoms with van der Waals surface area (Å²) in [6.45, 7) is 5.46. The van der Waals surface area contributed by atoms with Crippen molar-refractivity contribution in [2.75, 3.05) is 19.8 Å². The van der Waals surface area contributed by atoms with Crippen molar-refractivity contribution in [3.63, 3.8) is 0 Å². The average molecular weight is 276 g/mol. The fraction of sp³-hybridized carbons (Fsp3) is 0.400. The Morgan fingerprint density at radius 1 is 1.26 bits per heavy atom. The smallest absolute Gasteiger partial charge is 0.107 e. The van der Waals surface area contributed by atoms with Crippen molar-refractivity contribution in [2.45, 2.75) is 19.9 Å². The molecule has 1 heterocycles. The lowest BCUT2D eigenvalue weighted by atomic mass is 10.2. The maximum Gasteiger partial charge on any atom is 0.107 e. The van der Waals surface area contributed by atoms with Crippen molar-refractivity contribution in [2.24, 2.45) is 0 Å². The first-order chi connectivity index (χ1) is 9.40. The molecule has 4 heteroatoms. The lowest BCUT2D eigenvalue weighted by molar-refractivity contribution is 0.144. The standard InChI is InChI=1S/C15H20N2OS/c1-2-18-10-6-9-16-11-15-17-14(12-19-15)13-7-4-3-5-8-13/h3-5,7-8,12,16H,2,6,9-11H2,1H3. The summed E-state index contributed by atoms with van der Waals surface area (Å²) in [6.07, 6.45) is 1.05. The summed E-state index contributed by atoms with van der Waals surface area (Å²) in [5.41, 5.74) is 2.25. The Bertz CT molecular complexity index is 470. The molecule has 3 nitrogen and oxygen atoms in total. The highest BCUT2D eigenvalue weighted by Gasteiger charge is 2.03. The summed E-state index contributed by atoms with van der Waals surface area (Å²) in [5.74, 6) is 0. The van der Waals surface area contributed by atoms with Gasteiger partial charge >= 0.3 is 0 Å². The van der Waals surface area contributed by atoms with Gasteiger partial charge in [0.25, 0.3) is 0 Å². The molecule has 0 bridgehead atoms. The fourth-order valence-corrected chi connectivity index (χ4v) is 2.55. The van der Waals surface area contributed by atoms with E-state index in [0.29, 0.717) is 0 Å². The van der Waals surface area contributed by atoms with Gasteiger partial charge < -0.3 is 10.1 Å². The van der Waals surface area contributed by atoms with Crippen LogP contribution in [0, 0.1) is 0 Å². The number of nitrogens with zero attached hydrogens (tertiary/aromatic N) is 1. The molecular weight excluding hydrogens is 256 g/mol. The molecule has 0 amide bonds. The normalized spacial score (nSPS) is 10.8. The van der Waals surface area contributed by atoms with Crippen LogP contribution in [0.4, 0.5) is 0 Å². The summed E-state index contributed by atoms with van der Waals surface area (Å²) >= 11 is 1.71. The summed E-state index contributed by atoms with van der Waals surface area (Å²) in [4.78, 5) is 4.64. The summed E-state index contributed by atoms with van der Waals surface area (Å²) in [7, 11) is 0. The Morgan fingerprint density at radius 3 is 2.89 bits per heavy atom. The van der Waals surface area contributed by atoms with Crippen LogP contribution in [-0.4, -0.2) is 24.7 Å². The molecule has 0 radical (unpaired) electrons. The number of thiazole rings is 1. The van der Waals surface area contributed by atoms with Gasteiger partial charge in [-0.25, -0.2) is 4.98 Å². The van der Waals surface area contributed by atoms with Crippen molar-refractivity contribution in [3.8, 4) is 11.3 Å². The van der Waals surface area contributed by atoms with Crippen LogP contribution in [0.5, 0.6) is 0 Å². The van der Waals surface area contributed by atoms with Crippen LogP contribution in [-0.2, 0) is 11.3 Å². The molecule has 0 aliphatic rings. The van der Waals surface area contributed by atoms with Gasteiger partial charge in [0.15, 0.2) is 0 Å². The number of rotatable bonds is 8. The number of ether oxygens (including phenoxy) is 1. The summed E-state index contributed by atoms with van der Waals surface area (Å²) in [5, 5.41) is 6.65. The van der Waals surface area contributed by atoms with Crippen molar-refractivity contribution in [1.29, 1.82) is 0 Å². The molecule has 19 heavy (non-hydrogen) atoms. The van der Waals surface area contributed by atoms with E-state index in [1.54, 1.807) is 11.3 Å². The van der Waals surface area contributed by atoms with Gasteiger partial charge in [-0.3, -0.25) is 0 Å². The van der Waals surface area contributed by atoms with Crippen molar-refractivity contribution >= 4 is 11.3 Å². The van der Waals surface area contributed by atoms with Crippen LogP contribution in [0.15, 0.2) is 35.7 Å². The van der Waals surface area contributed by atoms with Gasteiger partial charge in [-0.05, 0) is 19.9 Å². The van der Waals surface area contributed by atoms with Crippen LogP contribution >= 0.6 is 11.3 Å². The van der Waals surface area contributed by atoms with Crippen LogP contribution < -0.4 is 5.32 Å². The molecule has 1 N–H and O–H groups in total. The van der Waals surface area contributed by atoms with Crippen molar-refractivity contribution in [1.82, 2.24) is 10.3 Å². The van der Waals surface area contributed by atoms with E-state index >= 15 is 0 Å². The summed E-state index contributed by atoms with van der Waals surface area (Å²) in [6, 6.07) is 10.3. The van der Waals surface area contributed by atoms with Crippen LogP contribution in [0.1, 0.15) is 18.4 Å². The predicted octanol–water partition coefficient (Wildman–Crippen LogP) is 3.33. The first kappa shape index (κ1) is 14.2. The monoisotopic (exact) mass is 276 g/mol. The second-order valence-corrected chi connectivity index (χ2v) is 5.16. The van der Waals surface area contributed by atoms with Crippen molar-refractivity contribution in [3.05, 3.63) is 40.7 Å². The Balaban J connectivity index is 1.75. The maximum absolute atomic E-state index is 5.29. The molecule has 0 fully saturated rings. The zero-order chi connectivity index (χ0) is 13.3.